The molecule has 90 valence electrons. The third-order valence-electron chi connectivity index (χ3n) is 3.14. The van der Waals surface area contributed by atoms with Gasteiger partial charge >= 0.3 is 0 Å². The zero-order valence-electron chi connectivity index (χ0n) is 10.1. The maximum absolute atomic E-state index is 8.85. The number of rotatable bonds is 3. The van der Waals surface area contributed by atoms with Crippen LogP contribution in [0.5, 0.6) is 0 Å². The van der Waals surface area contributed by atoms with E-state index in [9.17, 15) is 0 Å². The molecule has 4 heteroatoms. The fraction of sp³-hybridized carbons (Fsp3) is 0.538. The van der Waals surface area contributed by atoms with Crippen molar-refractivity contribution < 1.29 is 4.74 Å². The molecule has 1 aromatic heterocycles. The monoisotopic (exact) mass is 231 g/mol. The van der Waals surface area contributed by atoms with Crippen molar-refractivity contribution in [1.82, 2.24) is 4.98 Å². The van der Waals surface area contributed by atoms with Gasteiger partial charge in [0.1, 0.15) is 11.8 Å². The molecule has 2 heterocycles. The lowest BCUT2D eigenvalue weighted by Gasteiger charge is -2.34. The van der Waals surface area contributed by atoms with E-state index in [0.29, 0.717) is 11.6 Å². The van der Waals surface area contributed by atoms with Crippen LogP contribution in [0, 0.1) is 17.2 Å². The number of aromatic nitrogens is 1. The van der Waals surface area contributed by atoms with Crippen LogP contribution in [0.3, 0.4) is 0 Å². The number of nitriles is 1. The smallest absolute Gasteiger partial charge is 0.142 e. The number of hydrogen-bond acceptors (Lipinski definition) is 4. The normalized spacial score (nSPS) is 20.0. The van der Waals surface area contributed by atoms with E-state index in [1.54, 1.807) is 13.3 Å². The predicted molar refractivity (Wildman–Crippen MR) is 65.8 cm³/mol. The van der Waals surface area contributed by atoms with Crippen molar-refractivity contribution in [3.63, 3.8) is 0 Å². The zero-order chi connectivity index (χ0) is 12.1. The average molecular weight is 231 g/mol. The Hall–Kier alpha value is -1.60. The number of ether oxygens (including phenoxy) is 1. The highest BCUT2D eigenvalue weighted by Crippen LogP contribution is 2.23. The predicted octanol–water partition coefficient (Wildman–Crippen LogP) is 1.82. The fourth-order valence-electron chi connectivity index (χ4n) is 2.35. The molecule has 1 unspecified atom stereocenters. The van der Waals surface area contributed by atoms with E-state index in [1.807, 2.05) is 12.1 Å². The number of piperidine rings is 1. The summed E-state index contributed by atoms with van der Waals surface area (Å²) in [5, 5.41) is 8.85. The van der Waals surface area contributed by atoms with Gasteiger partial charge in [-0.15, -0.1) is 0 Å². The Balaban J connectivity index is 2.08. The van der Waals surface area contributed by atoms with Crippen LogP contribution in [0.4, 0.5) is 5.69 Å². The van der Waals surface area contributed by atoms with E-state index in [0.717, 1.165) is 25.4 Å². The molecule has 0 N–H and O–H groups in total. The molecule has 1 atom stereocenters. The highest BCUT2D eigenvalue weighted by Gasteiger charge is 2.20. The molecule has 1 aromatic rings. The molecular formula is C13H17N3O. The second kappa shape index (κ2) is 5.65. The Labute approximate surface area is 102 Å². The van der Waals surface area contributed by atoms with E-state index >= 15 is 0 Å². The van der Waals surface area contributed by atoms with Crippen LogP contribution in [0.15, 0.2) is 18.3 Å². The van der Waals surface area contributed by atoms with Gasteiger partial charge in [-0.25, -0.2) is 4.98 Å². The molecule has 4 nitrogen and oxygen atoms in total. The van der Waals surface area contributed by atoms with Crippen molar-refractivity contribution in [2.75, 3.05) is 31.7 Å². The average Bonchev–Trinajstić information content (AvgIpc) is 2.40. The summed E-state index contributed by atoms with van der Waals surface area (Å²) in [7, 11) is 1.75. The second-order valence-corrected chi connectivity index (χ2v) is 4.42. The Morgan fingerprint density at radius 2 is 2.53 bits per heavy atom. The summed E-state index contributed by atoms with van der Waals surface area (Å²) in [6.45, 7) is 2.87. The van der Waals surface area contributed by atoms with Gasteiger partial charge in [-0.1, -0.05) is 0 Å². The van der Waals surface area contributed by atoms with Gasteiger partial charge in [0, 0.05) is 32.1 Å². The van der Waals surface area contributed by atoms with E-state index in [2.05, 4.69) is 16.0 Å². The molecule has 0 saturated carbocycles. The first-order chi connectivity index (χ1) is 8.33. The molecule has 1 aliphatic heterocycles. The van der Waals surface area contributed by atoms with Crippen molar-refractivity contribution in [3.8, 4) is 6.07 Å². The fourth-order valence-corrected chi connectivity index (χ4v) is 2.35. The maximum Gasteiger partial charge on any atom is 0.142 e. The summed E-state index contributed by atoms with van der Waals surface area (Å²) in [6, 6.07) is 5.90. The first kappa shape index (κ1) is 11.9. The van der Waals surface area contributed by atoms with Crippen LogP contribution in [0.1, 0.15) is 18.5 Å². The van der Waals surface area contributed by atoms with Gasteiger partial charge in [-0.05, 0) is 30.9 Å². The lowest BCUT2D eigenvalue weighted by Crippen LogP contribution is -2.37. The van der Waals surface area contributed by atoms with Crippen LogP contribution >= 0.6 is 0 Å². The summed E-state index contributed by atoms with van der Waals surface area (Å²) in [5.74, 6) is 0.590. The number of nitrogens with zero attached hydrogens (tertiary/aromatic N) is 3. The minimum Gasteiger partial charge on any atom is -0.384 e. The molecule has 0 aliphatic carbocycles. The van der Waals surface area contributed by atoms with Crippen LogP contribution in [0.25, 0.3) is 0 Å². The van der Waals surface area contributed by atoms with Crippen LogP contribution in [0.2, 0.25) is 0 Å². The molecule has 0 radical (unpaired) electrons. The first-order valence-electron chi connectivity index (χ1n) is 5.93. The Morgan fingerprint density at radius 1 is 1.65 bits per heavy atom. The second-order valence-electron chi connectivity index (χ2n) is 4.42. The van der Waals surface area contributed by atoms with Gasteiger partial charge in [0.15, 0.2) is 0 Å². The number of methoxy groups -OCH3 is 1. The van der Waals surface area contributed by atoms with Crippen LogP contribution < -0.4 is 4.90 Å². The summed E-state index contributed by atoms with van der Waals surface area (Å²) >= 11 is 0. The lowest BCUT2D eigenvalue weighted by molar-refractivity contribution is 0.143. The molecule has 1 fully saturated rings. The third-order valence-corrected chi connectivity index (χ3v) is 3.14. The number of pyridine rings is 1. The van der Waals surface area contributed by atoms with Crippen molar-refractivity contribution >= 4 is 5.69 Å². The molecule has 0 aromatic carbocycles. The number of anilines is 1. The largest absolute Gasteiger partial charge is 0.384 e. The van der Waals surface area contributed by atoms with Gasteiger partial charge in [0.25, 0.3) is 0 Å². The Morgan fingerprint density at radius 3 is 3.29 bits per heavy atom. The number of hydrogen-bond donors (Lipinski definition) is 0. The SMILES string of the molecule is COCC1CCCN(c2ccnc(C#N)c2)C1. The Bertz CT molecular complexity index is 411. The van der Waals surface area contributed by atoms with Gasteiger partial charge in [0.05, 0.1) is 6.61 Å². The minimum atomic E-state index is 0.483. The summed E-state index contributed by atoms with van der Waals surface area (Å²) in [6.07, 6.45) is 4.10. The van der Waals surface area contributed by atoms with Crippen molar-refractivity contribution in [2.45, 2.75) is 12.8 Å². The molecule has 1 saturated heterocycles. The van der Waals surface area contributed by atoms with Gasteiger partial charge in [-0.2, -0.15) is 5.26 Å². The van der Waals surface area contributed by atoms with Gasteiger partial charge < -0.3 is 9.64 Å². The van der Waals surface area contributed by atoms with E-state index in [1.165, 1.54) is 12.8 Å². The quantitative estimate of drug-likeness (QED) is 0.796. The summed E-state index contributed by atoms with van der Waals surface area (Å²) in [4.78, 5) is 6.31. The van der Waals surface area contributed by atoms with Crippen molar-refractivity contribution in [2.24, 2.45) is 5.92 Å². The van der Waals surface area contributed by atoms with E-state index < -0.39 is 0 Å². The minimum absolute atomic E-state index is 0.483. The van der Waals surface area contributed by atoms with E-state index in [-0.39, 0.29) is 0 Å². The van der Waals surface area contributed by atoms with Crippen LogP contribution in [-0.4, -0.2) is 31.8 Å². The van der Waals surface area contributed by atoms with Crippen LogP contribution in [-0.2, 0) is 4.74 Å². The first-order valence-corrected chi connectivity index (χ1v) is 5.93. The van der Waals surface area contributed by atoms with E-state index in [4.69, 9.17) is 10.00 Å². The van der Waals surface area contributed by atoms with Gasteiger partial charge in [-0.3, -0.25) is 0 Å². The van der Waals surface area contributed by atoms with Crippen molar-refractivity contribution in [1.29, 1.82) is 5.26 Å². The highest BCUT2D eigenvalue weighted by atomic mass is 16.5. The topological polar surface area (TPSA) is 49.1 Å². The molecule has 0 amide bonds. The lowest BCUT2D eigenvalue weighted by atomic mass is 9.98. The standard InChI is InChI=1S/C13H17N3O/c1-17-10-11-3-2-6-16(9-11)13-4-5-15-12(7-13)8-14/h4-5,7,11H,2-3,6,9-10H2,1H3. The van der Waals surface area contributed by atoms with Gasteiger partial charge in [0.2, 0.25) is 0 Å². The highest BCUT2D eigenvalue weighted by molar-refractivity contribution is 5.49. The third kappa shape index (κ3) is 2.95. The molecule has 2 rings (SSSR count). The molecule has 1 aliphatic rings. The maximum atomic E-state index is 8.85. The summed E-state index contributed by atoms with van der Waals surface area (Å²) in [5.41, 5.74) is 1.58. The molecule has 17 heavy (non-hydrogen) atoms. The molecule has 0 spiro atoms. The van der Waals surface area contributed by atoms with Crippen molar-refractivity contribution in [3.05, 3.63) is 24.0 Å². The Kier molecular flexibility index (Phi) is 3.94. The zero-order valence-corrected chi connectivity index (χ0v) is 10.1. The molecular weight excluding hydrogens is 214 g/mol. The molecule has 0 bridgehead atoms. The summed E-state index contributed by atoms with van der Waals surface area (Å²) < 4.78 is 5.22.